The third-order valence-electron chi connectivity index (χ3n) is 4.37. The summed E-state index contributed by atoms with van der Waals surface area (Å²) in [6.07, 6.45) is 3.75. The monoisotopic (exact) mass is 262 g/mol. The zero-order valence-corrected chi connectivity index (χ0v) is 11.8. The van der Waals surface area contributed by atoms with Crippen molar-refractivity contribution in [2.24, 2.45) is 11.8 Å². The average Bonchev–Trinajstić information content (AvgIpc) is 2.35. The van der Waals surface area contributed by atoms with Crippen LogP contribution < -0.4 is 5.32 Å². The predicted octanol–water partition coefficient (Wildman–Crippen LogP) is 4.14. The Morgan fingerprint density at radius 3 is 2.47 bits per heavy atom. The van der Waals surface area contributed by atoms with Crippen molar-refractivity contribution in [2.45, 2.75) is 46.1 Å². The summed E-state index contributed by atoms with van der Waals surface area (Å²) in [6.45, 7) is 6.35. The maximum absolute atomic E-state index is 11.0. The molecule has 0 bridgehead atoms. The van der Waals surface area contributed by atoms with Gasteiger partial charge in [-0.1, -0.05) is 26.3 Å². The first-order valence-corrected chi connectivity index (χ1v) is 7.01. The minimum atomic E-state index is -0.311. The lowest BCUT2D eigenvalue weighted by Crippen LogP contribution is -2.37. The van der Waals surface area contributed by atoms with Gasteiger partial charge >= 0.3 is 0 Å². The van der Waals surface area contributed by atoms with Gasteiger partial charge in [0, 0.05) is 23.4 Å². The van der Waals surface area contributed by atoms with Crippen LogP contribution >= 0.6 is 0 Å². The summed E-state index contributed by atoms with van der Waals surface area (Å²) in [6, 6.07) is 5.67. The Kier molecular flexibility index (Phi) is 4.08. The fraction of sp³-hybridized carbons (Fsp3) is 0.600. The molecule has 2 rings (SSSR count). The molecule has 1 aromatic carbocycles. The van der Waals surface area contributed by atoms with E-state index in [-0.39, 0.29) is 10.6 Å². The number of nitrogens with zero attached hydrogens (tertiary/aromatic N) is 1. The minimum Gasteiger partial charge on any atom is -0.381 e. The quantitative estimate of drug-likeness (QED) is 0.658. The summed E-state index contributed by atoms with van der Waals surface area (Å²) < 4.78 is 0. The average molecular weight is 262 g/mol. The molecule has 1 aliphatic rings. The largest absolute Gasteiger partial charge is 0.381 e. The van der Waals surface area contributed by atoms with Crippen molar-refractivity contribution in [3.63, 3.8) is 0 Å². The molecule has 1 fully saturated rings. The molecular weight excluding hydrogens is 240 g/mol. The van der Waals surface area contributed by atoms with Crippen LogP contribution in [0.25, 0.3) is 0 Å². The van der Waals surface area contributed by atoms with E-state index in [0.717, 1.165) is 11.3 Å². The van der Waals surface area contributed by atoms with Crippen LogP contribution in [0.3, 0.4) is 0 Å². The molecular formula is C15H22N2O2. The van der Waals surface area contributed by atoms with Crippen LogP contribution in [0.2, 0.25) is 0 Å². The predicted molar refractivity (Wildman–Crippen MR) is 77.4 cm³/mol. The van der Waals surface area contributed by atoms with Crippen molar-refractivity contribution in [3.05, 3.63) is 33.9 Å². The van der Waals surface area contributed by atoms with Crippen molar-refractivity contribution < 1.29 is 4.92 Å². The summed E-state index contributed by atoms with van der Waals surface area (Å²) in [5.41, 5.74) is 1.83. The van der Waals surface area contributed by atoms with Crippen LogP contribution in [0.15, 0.2) is 18.2 Å². The summed E-state index contributed by atoms with van der Waals surface area (Å²) >= 11 is 0. The first kappa shape index (κ1) is 13.8. The minimum absolute atomic E-state index is 0.195. The van der Waals surface area contributed by atoms with Crippen LogP contribution in [0.1, 0.15) is 38.7 Å². The molecule has 4 heteroatoms. The molecule has 1 N–H and O–H groups in total. The fourth-order valence-corrected chi connectivity index (χ4v) is 3.12. The Morgan fingerprint density at radius 1 is 1.26 bits per heavy atom. The van der Waals surface area contributed by atoms with Gasteiger partial charge in [-0.15, -0.1) is 0 Å². The van der Waals surface area contributed by atoms with E-state index in [9.17, 15) is 10.1 Å². The second kappa shape index (κ2) is 5.59. The molecule has 1 aliphatic carbocycles. The molecule has 0 aromatic heterocycles. The summed E-state index contributed by atoms with van der Waals surface area (Å²) in [5.74, 6) is 1.23. The summed E-state index contributed by atoms with van der Waals surface area (Å²) in [4.78, 5) is 10.7. The summed E-state index contributed by atoms with van der Waals surface area (Å²) in [7, 11) is 0. The highest BCUT2D eigenvalue weighted by molar-refractivity contribution is 5.60. The second-order valence-corrected chi connectivity index (χ2v) is 5.76. The van der Waals surface area contributed by atoms with Gasteiger partial charge in [0.1, 0.15) is 0 Å². The van der Waals surface area contributed by atoms with Crippen LogP contribution in [0.5, 0.6) is 0 Å². The molecule has 19 heavy (non-hydrogen) atoms. The molecule has 2 unspecified atom stereocenters. The Balaban J connectivity index is 2.23. The SMILES string of the molecule is Cc1c(NC2C(C)CCCC2C)cccc1[N+](=O)[O-]. The van der Waals surface area contributed by atoms with E-state index < -0.39 is 0 Å². The highest BCUT2D eigenvalue weighted by atomic mass is 16.6. The third-order valence-corrected chi connectivity index (χ3v) is 4.37. The van der Waals surface area contributed by atoms with E-state index in [4.69, 9.17) is 0 Å². The number of nitrogens with one attached hydrogen (secondary N) is 1. The molecule has 0 aliphatic heterocycles. The standard InChI is InChI=1S/C15H22N2O2/c1-10-6-4-7-11(2)15(10)16-13-8-5-9-14(12(13)3)17(18)19/h5,8-11,15-16H,4,6-7H2,1-3H3. The zero-order chi connectivity index (χ0) is 14.0. The normalized spacial score (nSPS) is 27.0. The van der Waals surface area contributed by atoms with E-state index in [0.29, 0.717) is 17.9 Å². The molecule has 4 nitrogen and oxygen atoms in total. The van der Waals surface area contributed by atoms with Crippen LogP contribution in [0.4, 0.5) is 11.4 Å². The Hall–Kier alpha value is -1.58. The molecule has 0 saturated heterocycles. The van der Waals surface area contributed by atoms with Crippen molar-refractivity contribution in [1.29, 1.82) is 0 Å². The van der Waals surface area contributed by atoms with Gasteiger partial charge in [-0.2, -0.15) is 0 Å². The lowest BCUT2D eigenvalue weighted by molar-refractivity contribution is -0.385. The van der Waals surface area contributed by atoms with Gasteiger partial charge in [0.15, 0.2) is 0 Å². The molecule has 104 valence electrons. The number of hydrogen-bond donors (Lipinski definition) is 1. The van der Waals surface area contributed by atoms with Gasteiger partial charge in [-0.05, 0) is 37.7 Å². The molecule has 1 saturated carbocycles. The first-order valence-electron chi connectivity index (χ1n) is 7.01. The highest BCUT2D eigenvalue weighted by Gasteiger charge is 2.28. The molecule has 1 aromatic rings. The van der Waals surface area contributed by atoms with E-state index in [1.165, 1.54) is 19.3 Å². The van der Waals surface area contributed by atoms with Gasteiger partial charge in [0.2, 0.25) is 0 Å². The van der Waals surface area contributed by atoms with Crippen molar-refractivity contribution in [1.82, 2.24) is 0 Å². The Labute approximate surface area is 114 Å². The van der Waals surface area contributed by atoms with Crippen LogP contribution in [0, 0.1) is 28.9 Å². The lowest BCUT2D eigenvalue weighted by Gasteiger charge is -2.36. The smallest absolute Gasteiger partial charge is 0.274 e. The number of nitro benzene ring substituents is 1. The number of benzene rings is 1. The van der Waals surface area contributed by atoms with Gasteiger partial charge in [-0.25, -0.2) is 0 Å². The van der Waals surface area contributed by atoms with E-state index >= 15 is 0 Å². The molecule has 0 spiro atoms. The van der Waals surface area contributed by atoms with Gasteiger partial charge in [-0.3, -0.25) is 10.1 Å². The van der Waals surface area contributed by atoms with E-state index in [2.05, 4.69) is 19.2 Å². The van der Waals surface area contributed by atoms with E-state index in [1.807, 2.05) is 13.0 Å². The molecule has 0 radical (unpaired) electrons. The van der Waals surface area contributed by atoms with Crippen molar-refractivity contribution in [3.8, 4) is 0 Å². The maximum atomic E-state index is 11.0. The number of nitro groups is 1. The van der Waals surface area contributed by atoms with Gasteiger partial charge in [0.25, 0.3) is 5.69 Å². The molecule has 0 amide bonds. The number of hydrogen-bond acceptors (Lipinski definition) is 3. The summed E-state index contributed by atoms with van der Waals surface area (Å²) in [5, 5.41) is 14.5. The third kappa shape index (κ3) is 2.88. The molecule has 2 atom stereocenters. The second-order valence-electron chi connectivity index (χ2n) is 5.76. The number of rotatable bonds is 3. The highest BCUT2D eigenvalue weighted by Crippen LogP contribution is 2.33. The van der Waals surface area contributed by atoms with Crippen molar-refractivity contribution in [2.75, 3.05) is 5.32 Å². The fourth-order valence-electron chi connectivity index (χ4n) is 3.12. The zero-order valence-electron chi connectivity index (χ0n) is 11.8. The number of anilines is 1. The topological polar surface area (TPSA) is 55.2 Å². The Morgan fingerprint density at radius 2 is 1.89 bits per heavy atom. The van der Waals surface area contributed by atoms with Crippen LogP contribution in [-0.4, -0.2) is 11.0 Å². The van der Waals surface area contributed by atoms with Crippen LogP contribution in [-0.2, 0) is 0 Å². The van der Waals surface area contributed by atoms with E-state index in [1.54, 1.807) is 12.1 Å². The molecule has 0 heterocycles. The maximum Gasteiger partial charge on any atom is 0.274 e. The van der Waals surface area contributed by atoms with Gasteiger partial charge < -0.3 is 5.32 Å². The van der Waals surface area contributed by atoms with Crippen molar-refractivity contribution >= 4 is 11.4 Å². The Bertz CT molecular complexity index is 463. The van der Waals surface area contributed by atoms with Gasteiger partial charge in [0.05, 0.1) is 4.92 Å². The lowest BCUT2D eigenvalue weighted by atomic mass is 9.78. The first-order chi connectivity index (χ1) is 9.00.